The summed E-state index contributed by atoms with van der Waals surface area (Å²) in [5.41, 5.74) is 1.49. The minimum atomic E-state index is -1.00. The van der Waals surface area contributed by atoms with E-state index in [9.17, 15) is 28.8 Å². The highest BCUT2D eigenvalue weighted by molar-refractivity contribution is 6.08. The summed E-state index contributed by atoms with van der Waals surface area (Å²) in [6, 6.07) is 14.2. The van der Waals surface area contributed by atoms with Crippen molar-refractivity contribution in [3.63, 3.8) is 0 Å². The molecule has 3 fully saturated rings. The predicted molar refractivity (Wildman–Crippen MR) is 128 cm³/mol. The van der Waals surface area contributed by atoms with E-state index in [1.165, 1.54) is 0 Å². The van der Waals surface area contributed by atoms with Crippen LogP contribution in [-0.2, 0) is 41.9 Å². The fourth-order valence-corrected chi connectivity index (χ4v) is 5.09. The van der Waals surface area contributed by atoms with Crippen LogP contribution in [0.2, 0.25) is 0 Å². The van der Waals surface area contributed by atoms with Gasteiger partial charge in [0, 0.05) is 0 Å². The normalized spacial score (nSPS) is 23.9. The van der Waals surface area contributed by atoms with Crippen LogP contribution in [0.15, 0.2) is 60.7 Å². The molecule has 2 heterocycles. The molecular weight excluding hydrogens is 496 g/mol. The van der Waals surface area contributed by atoms with Gasteiger partial charge in [-0.2, -0.15) is 0 Å². The highest BCUT2D eigenvalue weighted by Crippen LogP contribution is 2.45. The number of carbonyl (C=O) groups is 6. The monoisotopic (exact) mass is 520 g/mol. The molecule has 0 aromatic heterocycles. The highest BCUT2D eigenvalue weighted by atomic mass is 16.5. The Morgan fingerprint density at radius 3 is 1.37 bits per heavy atom. The van der Waals surface area contributed by atoms with Gasteiger partial charge in [0.25, 0.3) is 0 Å². The molecule has 2 N–H and O–H groups in total. The van der Waals surface area contributed by atoms with Gasteiger partial charge < -0.3 is 19.3 Å². The Labute approximate surface area is 216 Å². The average molecular weight is 520 g/mol. The zero-order chi connectivity index (χ0) is 26.8. The first-order valence-electron chi connectivity index (χ1n) is 12.0. The van der Waals surface area contributed by atoms with Gasteiger partial charge in [-0.1, -0.05) is 60.7 Å². The number of carbonyl (C=O) groups excluding carboxylic acids is 6. The number of hydrogen-bond acceptors (Lipinski definition) is 8. The van der Waals surface area contributed by atoms with Crippen molar-refractivity contribution in [2.75, 3.05) is 13.1 Å². The quantitative estimate of drug-likeness (QED) is 0.479. The van der Waals surface area contributed by atoms with Crippen molar-refractivity contribution >= 4 is 35.8 Å². The Morgan fingerprint density at radius 2 is 1.00 bits per heavy atom. The Balaban J connectivity index is 1.30. The summed E-state index contributed by atoms with van der Waals surface area (Å²) >= 11 is 0. The van der Waals surface area contributed by atoms with E-state index < -0.39 is 72.8 Å². The summed E-state index contributed by atoms with van der Waals surface area (Å²) in [6.45, 7) is -1.07. The molecule has 0 spiro atoms. The second kappa shape index (κ2) is 10.3. The summed E-state index contributed by atoms with van der Waals surface area (Å²) in [5, 5.41) is 4.33. The molecule has 38 heavy (non-hydrogen) atoms. The van der Waals surface area contributed by atoms with Crippen molar-refractivity contribution < 1.29 is 38.2 Å². The minimum absolute atomic E-state index is 0.0194. The van der Waals surface area contributed by atoms with Crippen molar-refractivity contribution in [2.24, 2.45) is 11.8 Å². The van der Waals surface area contributed by atoms with Gasteiger partial charge in [-0.25, -0.2) is 9.59 Å². The summed E-state index contributed by atoms with van der Waals surface area (Å²) in [6.07, 6.45) is 0. The molecule has 196 valence electrons. The topological polar surface area (TPSA) is 151 Å². The summed E-state index contributed by atoms with van der Waals surface area (Å²) in [5.74, 6) is -4.86. The predicted octanol–water partition coefficient (Wildman–Crippen LogP) is 0.560. The lowest BCUT2D eigenvalue weighted by molar-refractivity contribution is -0.169. The van der Waals surface area contributed by atoms with Crippen molar-refractivity contribution in [2.45, 2.75) is 25.3 Å². The number of ether oxygens (including phenoxy) is 2. The molecule has 12 heteroatoms. The number of hydrogen-bond donors (Lipinski definition) is 2. The van der Waals surface area contributed by atoms with Crippen LogP contribution in [0.1, 0.15) is 11.1 Å². The van der Waals surface area contributed by atoms with Crippen LogP contribution in [0, 0.1) is 11.8 Å². The minimum Gasteiger partial charge on any atom is -0.459 e. The maximum atomic E-state index is 12.7. The number of benzene rings is 2. The zero-order valence-electron chi connectivity index (χ0n) is 20.1. The molecule has 3 aliphatic rings. The lowest BCUT2D eigenvalue weighted by atomic mass is 9.61. The second-order valence-corrected chi connectivity index (χ2v) is 9.17. The van der Waals surface area contributed by atoms with E-state index in [0.29, 0.717) is 0 Å². The van der Waals surface area contributed by atoms with Gasteiger partial charge in [-0.05, 0) is 11.1 Å². The number of amides is 6. The van der Waals surface area contributed by atoms with Gasteiger partial charge >= 0.3 is 24.0 Å². The van der Waals surface area contributed by atoms with Gasteiger partial charge in [-0.3, -0.25) is 29.8 Å². The van der Waals surface area contributed by atoms with Gasteiger partial charge in [-0.15, -0.1) is 0 Å². The van der Waals surface area contributed by atoms with Crippen molar-refractivity contribution in [3.8, 4) is 0 Å². The molecule has 0 radical (unpaired) electrons. The second-order valence-electron chi connectivity index (χ2n) is 9.17. The molecule has 4 atom stereocenters. The standard InChI is InChI=1S/C26H24N4O8/c31-17(37-13-15-7-3-1-4-8-15)11-29-21-19(23(33)27-25(29)35)20-22(21)30(26(36)28-24(20)34)12-18(32)38-14-16-9-5-2-6-10-16/h1-10,19-22H,11-14H2,(H,27,33,35)(H,28,34,36)/t19-,20-,21-,22-/m0/s1. The van der Waals surface area contributed by atoms with Gasteiger partial charge in [0.05, 0.1) is 23.9 Å². The summed E-state index contributed by atoms with van der Waals surface area (Å²) in [4.78, 5) is 78.0. The highest BCUT2D eigenvalue weighted by Gasteiger charge is 2.67. The third kappa shape index (κ3) is 4.80. The molecule has 1 saturated carbocycles. The lowest BCUT2D eigenvalue weighted by Gasteiger charge is -2.60. The number of nitrogens with one attached hydrogen (secondary N) is 2. The largest absolute Gasteiger partial charge is 0.459 e. The molecule has 6 amide bonds. The lowest BCUT2D eigenvalue weighted by Crippen LogP contribution is -2.83. The molecule has 5 rings (SSSR count). The third-order valence-electron chi connectivity index (χ3n) is 6.86. The molecule has 2 aliphatic heterocycles. The van der Waals surface area contributed by atoms with E-state index in [0.717, 1.165) is 20.9 Å². The maximum absolute atomic E-state index is 12.7. The van der Waals surface area contributed by atoms with Crippen LogP contribution in [0.3, 0.4) is 0 Å². The smallest absolute Gasteiger partial charge is 0.326 e. The number of urea groups is 2. The van der Waals surface area contributed by atoms with Crippen molar-refractivity contribution in [3.05, 3.63) is 71.8 Å². The van der Waals surface area contributed by atoms with E-state index in [2.05, 4.69) is 10.6 Å². The molecule has 0 unspecified atom stereocenters. The average Bonchev–Trinajstić information content (AvgIpc) is 2.89. The first kappa shape index (κ1) is 24.9. The number of rotatable bonds is 8. The first-order chi connectivity index (χ1) is 18.3. The Kier molecular flexibility index (Phi) is 6.77. The molecular formula is C26H24N4O8. The number of fused-ring (bicyclic) bond motifs is 4. The number of nitrogens with zero attached hydrogens (tertiary/aromatic N) is 2. The van der Waals surface area contributed by atoms with Crippen LogP contribution in [0.5, 0.6) is 0 Å². The Bertz CT molecular complexity index is 1190. The molecule has 12 nitrogen and oxygen atoms in total. The van der Waals surface area contributed by atoms with Gasteiger partial charge in [0.15, 0.2) is 0 Å². The van der Waals surface area contributed by atoms with E-state index in [1.54, 1.807) is 48.5 Å². The van der Waals surface area contributed by atoms with E-state index in [-0.39, 0.29) is 13.2 Å². The summed E-state index contributed by atoms with van der Waals surface area (Å²) < 4.78 is 10.6. The SMILES string of the molecule is O=C(CN1C(=O)NC(=O)[C@H]2[C@@H]3C(=O)NC(=O)N(CC(=O)OCc4ccccc4)[C@@H]3[C@H]21)OCc1ccccc1. The van der Waals surface area contributed by atoms with Crippen LogP contribution in [0.25, 0.3) is 0 Å². The maximum Gasteiger partial charge on any atom is 0.326 e. The van der Waals surface area contributed by atoms with Crippen LogP contribution >= 0.6 is 0 Å². The van der Waals surface area contributed by atoms with E-state index in [4.69, 9.17) is 9.47 Å². The molecule has 0 bridgehead atoms. The van der Waals surface area contributed by atoms with Crippen molar-refractivity contribution in [1.82, 2.24) is 20.4 Å². The Morgan fingerprint density at radius 1 is 0.632 bits per heavy atom. The molecule has 2 aromatic rings. The van der Waals surface area contributed by atoms with Crippen LogP contribution < -0.4 is 10.6 Å². The number of imide groups is 2. The third-order valence-corrected chi connectivity index (χ3v) is 6.86. The fraction of sp³-hybridized carbons (Fsp3) is 0.308. The van der Waals surface area contributed by atoms with E-state index >= 15 is 0 Å². The molecule has 2 saturated heterocycles. The first-order valence-corrected chi connectivity index (χ1v) is 12.0. The van der Waals surface area contributed by atoms with Crippen LogP contribution in [-0.4, -0.2) is 70.8 Å². The number of esters is 2. The molecule has 1 aliphatic carbocycles. The van der Waals surface area contributed by atoms with Gasteiger partial charge in [0.1, 0.15) is 26.3 Å². The molecule has 2 aromatic carbocycles. The fourth-order valence-electron chi connectivity index (χ4n) is 5.09. The summed E-state index contributed by atoms with van der Waals surface area (Å²) in [7, 11) is 0. The zero-order valence-corrected chi connectivity index (χ0v) is 20.1. The van der Waals surface area contributed by atoms with Crippen molar-refractivity contribution in [1.29, 1.82) is 0 Å². The van der Waals surface area contributed by atoms with Gasteiger partial charge in [0.2, 0.25) is 11.8 Å². The van der Waals surface area contributed by atoms with Crippen LogP contribution in [0.4, 0.5) is 9.59 Å². The Hall–Kier alpha value is -4.74. The van der Waals surface area contributed by atoms with E-state index in [1.807, 2.05) is 12.1 Å².